The maximum Gasteiger partial charge on any atom is 0.191 e. The molecular weight excluding hydrogens is 339 g/mol. The standard InChI is InChI=1S/C13H22N4.HI/c1-4-11(2)17-13(14-3)16-10-8-12-7-5-6-9-15-12;/h5-7,9,11H,4,8,10H2,1-3H3,(H2,14,16,17);1H. The minimum absolute atomic E-state index is 0. The highest BCUT2D eigenvalue weighted by Crippen LogP contribution is 1.93. The van der Waals surface area contributed by atoms with E-state index in [0.29, 0.717) is 6.04 Å². The minimum atomic E-state index is 0. The lowest BCUT2D eigenvalue weighted by molar-refractivity contribution is 0.623. The smallest absolute Gasteiger partial charge is 0.191 e. The van der Waals surface area contributed by atoms with E-state index in [2.05, 4.69) is 34.5 Å². The molecule has 0 saturated heterocycles. The molecule has 1 aromatic rings. The van der Waals surface area contributed by atoms with Crippen molar-refractivity contribution in [2.24, 2.45) is 4.99 Å². The summed E-state index contributed by atoms with van der Waals surface area (Å²) in [5.41, 5.74) is 1.10. The Morgan fingerprint density at radius 3 is 2.78 bits per heavy atom. The SMILES string of the molecule is CCC(C)NC(=NC)NCCc1ccccn1.I. The summed E-state index contributed by atoms with van der Waals surface area (Å²) >= 11 is 0. The quantitative estimate of drug-likeness (QED) is 0.480. The van der Waals surface area contributed by atoms with Crippen LogP contribution in [0.25, 0.3) is 0 Å². The van der Waals surface area contributed by atoms with E-state index in [1.54, 1.807) is 7.05 Å². The summed E-state index contributed by atoms with van der Waals surface area (Å²) in [7, 11) is 1.79. The van der Waals surface area contributed by atoms with Gasteiger partial charge in [-0.2, -0.15) is 0 Å². The van der Waals surface area contributed by atoms with Crippen molar-refractivity contribution in [1.29, 1.82) is 0 Å². The molecule has 0 fully saturated rings. The van der Waals surface area contributed by atoms with Gasteiger partial charge in [-0.25, -0.2) is 0 Å². The zero-order valence-electron chi connectivity index (χ0n) is 11.3. The van der Waals surface area contributed by atoms with Crippen LogP contribution in [-0.4, -0.2) is 30.6 Å². The van der Waals surface area contributed by atoms with E-state index >= 15 is 0 Å². The van der Waals surface area contributed by atoms with Gasteiger partial charge in [0, 0.05) is 37.9 Å². The van der Waals surface area contributed by atoms with Crippen LogP contribution in [-0.2, 0) is 6.42 Å². The summed E-state index contributed by atoms with van der Waals surface area (Å²) in [6.07, 6.45) is 3.81. The number of hydrogen-bond acceptors (Lipinski definition) is 2. The molecule has 0 radical (unpaired) electrons. The normalized spacial score (nSPS) is 12.5. The third-order valence-corrected chi connectivity index (χ3v) is 2.62. The summed E-state index contributed by atoms with van der Waals surface area (Å²) in [5, 5.41) is 6.60. The molecule has 1 aromatic heterocycles. The number of rotatable bonds is 5. The van der Waals surface area contributed by atoms with Crippen molar-refractivity contribution in [3.8, 4) is 0 Å². The number of aliphatic imine (C=N–C) groups is 1. The predicted octanol–water partition coefficient (Wildman–Crippen LogP) is 2.21. The van der Waals surface area contributed by atoms with E-state index in [4.69, 9.17) is 0 Å². The van der Waals surface area contributed by atoms with Crippen molar-refractivity contribution < 1.29 is 0 Å². The van der Waals surface area contributed by atoms with Crippen LogP contribution in [0.2, 0.25) is 0 Å². The molecule has 2 N–H and O–H groups in total. The first-order chi connectivity index (χ1) is 8.26. The lowest BCUT2D eigenvalue weighted by Crippen LogP contribution is -2.42. The van der Waals surface area contributed by atoms with Crippen LogP contribution in [0.1, 0.15) is 26.0 Å². The van der Waals surface area contributed by atoms with Gasteiger partial charge in [0.1, 0.15) is 0 Å². The molecule has 5 heteroatoms. The molecule has 0 aliphatic rings. The molecule has 0 bridgehead atoms. The molecule has 102 valence electrons. The molecular formula is C13H23IN4. The van der Waals surface area contributed by atoms with Gasteiger partial charge in [0.05, 0.1) is 0 Å². The second-order valence-electron chi connectivity index (χ2n) is 4.02. The highest BCUT2D eigenvalue weighted by atomic mass is 127. The van der Waals surface area contributed by atoms with Crippen molar-refractivity contribution in [1.82, 2.24) is 15.6 Å². The molecule has 18 heavy (non-hydrogen) atoms. The fourth-order valence-corrected chi connectivity index (χ4v) is 1.39. The van der Waals surface area contributed by atoms with Crippen LogP contribution in [0.5, 0.6) is 0 Å². The average Bonchev–Trinajstić information content (AvgIpc) is 2.38. The van der Waals surface area contributed by atoms with Gasteiger partial charge < -0.3 is 10.6 Å². The molecule has 0 amide bonds. The maximum absolute atomic E-state index is 4.28. The first-order valence-electron chi connectivity index (χ1n) is 6.13. The lowest BCUT2D eigenvalue weighted by atomic mass is 10.2. The number of pyridine rings is 1. The summed E-state index contributed by atoms with van der Waals surface area (Å²) < 4.78 is 0. The highest BCUT2D eigenvalue weighted by Gasteiger charge is 2.02. The van der Waals surface area contributed by atoms with Gasteiger partial charge in [-0.15, -0.1) is 24.0 Å². The Hall–Kier alpha value is -0.850. The van der Waals surface area contributed by atoms with Crippen LogP contribution >= 0.6 is 24.0 Å². The zero-order chi connectivity index (χ0) is 12.5. The van der Waals surface area contributed by atoms with Crippen molar-refractivity contribution in [2.75, 3.05) is 13.6 Å². The van der Waals surface area contributed by atoms with Gasteiger partial charge in [-0.1, -0.05) is 13.0 Å². The number of guanidine groups is 1. The molecule has 0 spiro atoms. The monoisotopic (exact) mass is 362 g/mol. The Morgan fingerprint density at radius 2 is 2.22 bits per heavy atom. The highest BCUT2D eigenvalue weighted by molar-refractivity contribution is 14.0. The predicted molar refractivity (Wildman–Crippen MR) is 87.6 cm³/mol. The van der Waals surface area contributed by atoms with Crippen LogP contribution in [0.3, 0.4) is 0 Å². The van der Waals surface area contributed by atoms with E-state index in [1.807, 2.05) is 24.4 Å². The summed E-state index contributed by atoms with van der Waals surface area (Å²) in [5.74, 6) is 0.857. The third kappa shape index (κ3) is 6.78. The van der Waals surface area contributed by atoms with Crippen molar-refractivity contribution >= 4 is 29.9 Å². The Labute approximate surface area is 127 Å². The summed E-state index contributed by atoms with van der Waals surface area (Å²) in [4.78, 5) is 8.46. The van der Waals surface area contributed by atoms with Gasteiger partial charge in [0.25, 0.3) is 0 Å². The molecule has 0 saturated carbocycles. The van der Waals surface area contributed by atoms with Gasteiger partial charge in [0.2, 0.25) is 0 Å². The molecule has 1 heterocycles. The molecule has 1 unspecified atom stereocenters. The second-order valence-corrected chi connectivity index (χ2v) is 4.02. The van der Waals surface area contributed by atoms with Crippen molar-refractivity contribution in [2.45, 2.75) is 32.7 Å². The average molecular weight is 362 g/mol. The zero-order valence-corrected chi connectivity index (χ0v) is 13.6. The number of halogens is 1. The van der Waals surface area contributed by atoms with Crippen LogP contribution in [0.4, 0.5) is 0 Å². The van der Waals surface area contributed by atoms with E-state index in [1.165, 1.54) is 0 Å². The Balaban J connectivity index is 0.00000289. The van der Waals surface area contributed by atoms with Crippen LogP contribution in [0, 0.1) is 0 Å². The minimum Gasteiger partial charge on any atom is -0.356 e. The Bertz CT molecular complexity index is 340. The molecule has 1 atom stereocenters. The van der Waals surface area contributed by atoms with E-state index in [-0.39, 0.29) is 24.0 Å². The lowest BCUT2D eigenvalue weighted by Gasteiger charge is -2.16. The van der Waals surface area contributed by atoms with E-state index < -0.39 is 0 Å². The van der Waals surface area contributed by atoms with Gasteiger partial charge >= 0.3 is 0 Å². The molecule has 4 nitrogen and oxygen atoms in total. The second kappa shape index (κ2) is 10.1. The molecule has 0 aliphatic carbocycles. The third-order valence-electron chi connectivity index (χ3n) is 2.62. The fraction of sp³-hybridized carbons (Fsp3) is 0.538. The maximum atomic E-state index is 4.28. The van der Waals surface area contributed by atoms with E-state index in [0.717, 1.165) is 31.0 Å². The van der Waals surface area contributed by atoms with Gasteiger partial charge in [-0.05, 0) is 25.5 Å². The molecule has 0 aromatic carbocycles. The fourth-order valence-electron chi connectivity index (χ4n) is 1.39. The van der Waals surface area contributed by atoms with E-state index in [9.17, 15) is 0 Å². The first-order valence-corrected chi connectivity index (χ1v) is 6.13. The number of nitrogens with one attached hydrogen (secondary N) is 2. The van der Waals surface area contributed by atoms with Crippen molar-refractivity contribution in [3.63, 3.8) is 0 Å². The summed E-state index contributed by atoms with van der Waals surface area (Å²) in [6, 6.07) is 6.41. The number of aromatic nitrogens is 1. The van der Waals surface area contributed by atoms with Gasteiger partial charge in [0.15, 0.2) is 5.96 Å². The summed E-state index contributed by atoms with van der Waals surface area (Å²) in [6.45, 7) is 5.14. The molecule has 0 aliphatic heterocycles. The Kier molecular flexibility index (Phi) is 9.63. The number of hydrogen-bond donors (Lipinski definition) is 2. The van der Waals surface area contributed by atoms with Crippen LogP contribution < -0.4 is 10.6 Å². The largest absolute Gasteiger partial charge is 0.356 e. The Morgan fingerprint density at radius 1 is 1.44 bits per heavy atom. The first kappa shape index (κ1) is 17.2. The number of nitrogens with zero attached hydrogens (tertiary/aromatic N) is 2. The van der Waals surface area contributed by atoms with Gasteiger partial charge in [-0.3, -0.25) is 9.98 Å². The topological polar surface area (TPSA) is 49.3 Å². The molecule has 1 rings (SSSR count). The van der Waals surface area contributed by atoms with Crippen LogP contribution in [0.15, 0.2) is 29.4 Å². The van der Waals surface area contributed by atoms with Crippen molar-refractivity contribution in [3.05, 3.63) is 30.1 Å².